The average Bonchev–Trinajstić information content (AvgIpc) is 3.45. The maximum atomic E-state index is 12.8. The van der Waals surface area contributed by atoms with Crippen molar-refractivity contribution in [2.24, 2.45) is 0 Å². The molecule has 3 aromatic rings. The lowest BCUT2D eigenvalue weighted by atomic mass is 10.00. The van der Waals surface area contributed by atoms with Crippen molar-refractivity contribution in [2.75, 3.05) is 0 Å². The summed E-state index contributed by atoms with van der Waals surface area (Å²) in [5.74, 6) is 0.304. The average molecular weight is 417 g/mol. The van der Waals surface area contributed by atoms with Gasteiger partial charge in [-0.3, -0.25) is 4.79 Å². The van der Waals surface area contributed by atoms with Crippen LogP contribution in [0.4, 0.5) is 8.78 Å². The number of aryl methyl sites for hydroxylation is 1. The number of rotatable bonds is 10. The Kier molecular flexibility index (Phi) is 6.01. The summed E-state index contributed by atoms with van der Waals surface area (Å²) in [4.78, 5) is 15.8. The molecule has 1 aliphatic rings. The van der Waals surface area contributed by atoms with Crippen molar-refractivity contribution in [1.82, 2.24) is 15.2 Å². The maximum absolute atomic E-state index is 12.8. The molecule has 6 nitrogen and oxygen atoms in total. The minimum absolute atomic E-state index is 0.0146. The quantitative estimate of drug-likeness (QED) is 0.445. The van der Waals surface area contributed by atoms with Gasteiger partial charge in [0.25, 0.3) is 5.56 Å². The fourth-order valence-corrected chi connectivity index (χ4v) is 3.67. The number of halogens is 2. The first-order valence-corrected chi connectivity index (χ1v) is 10.4. The van der Waals surface area contributed by atoms with E-state index in [9.17, 15) is 13.6 Å². The molecule has 1 saturated carbocycles. The zero-order valence-corrected chi connectivity index (χ0v) is 16.8. The van der Waals surface area contributed by atoms with E-state index in [2.05, 4.69) is 26.8 Å². The number of nitrogens with zero attached hydrogens (tertiary/aromatic N) is 1. The summed E-state index contributed by atoms with van der Waals surface area (Å²) in [6, 6.07) is 4.91. The van der Waals surface area contributed by atoms with Crippen molar-refractivity contribution in [3.63, 3.8) is 0 Å². The molecule has 1 fully saturated rings. The van der Waals surface area contributed by atoms with E-state index in [1.165, 1.54) is 6.07 Å². The van der Waals surface area contributed by atoms with Gasteiger partial charge in [-0.2, -0.15) is 13.9 Å². The highest BCUT2D eigenvalue weighted by molar-refractivity contribution is 5.89. The van der Waals surface area contributed by atoms with Crippen molar-refractivity contribution in [1.29, 1.82) is 0 Å². The predicted octanol–water partition coefficient (Wildman–Crippen LogP) is 5.18. The molecule has 2 heterocycles. The zero-order chi connectivity index (χ0) is 21.1. The van der Waals surface area contributed by atoms with Crippen LogP contribution in [0, 0.1) is 0 Å². The van der Waals surface area contributed by atoms with Crippen molar-refractivity contribution in [3.05, 3.63) is 40.3 Å². The summed E-state index contributed by atoms with van der Waals surface area (Å²) >= 11 is 0. The smallest absolute Gasteiger partial charge is 0.387 e. The van der Waals surface area contributed by atoms with Crippen molar-refractivity contribution < 1.29 is 18.3 Å². The van der Waals surface area contributed by atoms with E-state index < -0.39 is 6.61 Å². The molecule has 0 amide bonds. The van der Waals surface area contributed by atoms with Gasteiger partial charge in [0.05, 0.1) is 28.9 Å². The Hall–Kier alpha value is -2.90. The number of ether oxygens (including phenoxy) is 2. The monoisotopic (exact) mass is 417 g/mol. The fourth-order valence-electron chi connectivity index (χ4n) is 3.67. The van der Waals surface area contributed by atoms with Crippen molar-refractivity contribution in [2.45, 2.75) is 64.6 Å². The van der Waals surface area contributed by atoms with E-state index in [0.29, 0.717) is 10.9 Å². The van der Waals surface area contributed by atoms with Crippen molar-refractivity contribution >= 4 is 10.9 Å². The lowest BCUT2D eigenvalue weighted by Crippen LogP contribution is -2.08. The molecule has 1 aromatic carbocycles. The number of aromatic amines is 2. The van der Waals surface area contributed by atoms with Gasteiger partial charge in [0.15, 0.2) is 11.5 Å². The molecule has 0 aliphatic heterocycles. The summed E-state index contributed by atoms with van der Waals surface area (Å²) in [5.41, 5.74) is 2.85. The molecule has 0 atom stereocenters. The normalized spacial score (nSPS) is 13.9. The van der Waals surface area contributed by atoms with Gasteiger partial charge in [0.1, 0.15) is 0 Å². The summed E-state index contributed by atoms with van der Waals surface area (Å²) in [7, 11) is 0. The molecule has 0 bridgehead atoms. The Balaban J connectivity index is 1.75. The van der Waals surface area contributed by atoms with E-state index in [4.69, 9.17) is 4.74 Å². The third-order valence-corrected chi connectivity index (χ3v) is 5.27. The Labute approximate surface area is 172 Å². The first kappa shape index (κ1) is 20.4. The van der Waals surface area contributed by atoms with Crippen LogP contribution in [0.25, 0.3) is 22.2 Å². The molecule has 0 saturated heterocycles. The highest BCUT2D eigenvalue weighted by atomic mass is 19.3. The molecule has 1 aliphatic carbocycles. The second-order valence-corrected chi connectivity index (χ2v) is 7.63. The van der Waals surface area contributed by atoms with Gasteiger partial charge < -0.3 is 14.5 Å². The van der Waals surface area contributed by atoms with Gasteiger partial charge in [-0.15, -0.1) is 0 Å². The molecule has 2 aromatic heterocycles. The molecular formula is C22H25F2N3O3. The molecule has 4 rings (SSSR count). The van der Waals surface area contributed by atoms with Gasteiger partial charge >= 0.3 is 6.61 Å². The van der Waals surface area contributed by atoms with E-state index in [1.807, 2.05) is 0 Å². The molecular weight excluding hydrogens is 392 g/mol. The number of hydrogen-bond donors (Lipinski definition) is 2. The SMILES string of the molecule is CCCCCCc1c(-c2ccc(OC(F)F)c(OC3CC3)c2)[nH]c2cn[nH]c(=O)c12. The number of fused-ring (bicyclic) bond motifs is 1. The lowest BCUT2D eigenvalue weighted by Gasteiger charge is -2.14. The summed E-state index contributed by atoms with van der Waals surface area (Å²) in [6.07, 6.45) is 8.43. The largest absolute Gasteiger partial charge is 0.487 e. The predicted molar refractivity (Wildman–Crippen MR) is 110 cm³/mol. The van der Waals surface area contributed by atoms with Gasteiger partial charge in [-0.1, -0.05) is 26.2 Å². The first-order chi connectivity index (χ1) is 14.6. The van der Waals surface area contributed by atoms with Crippen LogP contribution in [0.3, 0.4) is 0 Å². The standard InChI is InChI=1S/C22H25F2N3O3/c1-2-3-4-5-6-15-19-16(12-25-27-21(19)28)26-20(15)13-7-10-17(30-22(23)24)18(11-13)29-14-8-9-14/h7,10-12,14,22,26H,2-6,8-9H2,1H3,(H,27,28). The number of hydrogen-bond acceptors (Lipinski definition) is 4. The second kappa shape index (κ2) is 8.85. The van der Waals surface area contributed by atoms with Crippen LogP contribution in [-0.4, -0.2) is 27.9 Å². The van der Waals surface area contributed by atoms with Crippen LogP contribution in [0.15, 0.2) is 29.2 Å². The first-order valence-electron chi connectivity index (χ1n) is 10.4. The molecule has 2 N–H and O–H groups in total. The minimum atomic E-state index is -2.93. The van der Waals surface area contributed by atoms with Crippen LogP contribution in [-0.2, 0) is 6.42 Å². The lowest BCUT2D eigenvalue weighted by molar-refractivity contribution is -0.0516. The Morgan fingerprint density at radius 1 is 1.20 bits per heavy atom. The van der Waals surface area contributed by atoms with Crippen LogP contribution >= 0.6 is 0 Å². The molecule has 160 valence electrons. The number of nitrogens with one attached hydrogen (secondary N) is 2. The molecule has 0 spiro atoms. The third-order valence-electron chi connectivity index (χ3n) is 5.27. The number of benzene rings is 1. The molecule has 30 heavy (non-hydrogen) atoms. The number of aromatic nitrogens is 3. The van der Waals surface area contributed by atoms with Crippen LogP contribution in [0.1, 0.15) is 51.0 Å². The molecule has 8 heteroatoms. The zero-order valence-electron chi connectivity index (χ0n) is 16.8. The Bertz CT molecular complexity index is 1070. The van der Waals surface area contributed by atoms with Gasteiger partial charge in [-0.25, -0.2) is 5.10 Å². The number of unbranched alkanes of at least 4 members (excludes halogenated alkanes) is 3. The molecule has 0 unspecified atom stereocenters. The Morgan fingerprint density at radius 3 is 2.77 bits per heavy atom. The van der Waals surface area contributed by atoms with Crippen LogP contribution in [0.2, 0.25) is 0 Å². The van der Waals surface area contributed by atoms with E-state index >= 15 is 0 Å². The summed E-state index contributed by atoms with van der Waals surface area (Å²) in [5, 5.41) is 6.98. The van der Waals surface area contributed by atoms with Gasteiger partial charge in [-0.05, 0) is 49.4 Å². The van der Waals surface area contributed by atoms with E-state index in [-0.39, 0.29) is 23.2 Å². The summed E-state index contributed by atoms with van der Waals surface area (Å²) < 4.78 is 36.0. The van der Waals surface area contributed by atoms with Crippen LogP contribution < -0.4 is 15.0 Å². The Morgan fingerprint density at radius 2 is 2.03 bits per heavy atom. The highest BCUT2D eigenvalue weighted by Crippen LogP contribution is 2.39. The summed E-state index contributed by atoms with van der Waals surface area (Å²) in [6.45, 7) is -0.776. The van der Waals surface area contributed by atoms with Gasteiger partial charge in [0, 0.05) is 5.56 Å². The van der Waals surface area contributed by atoms with Crippen molar-refractivity contribution in [3.8, 4) is 22.8 Å². The molecule has 0 radical (unpaired) electrons. The van der Waals surface area contributed by atoms with Gasteiger partial charge in [0.2, 0.25) is 0 Å². The highest BCUT2D eigenvalue weighted by Gasteiger charge is 2.26. The van der Waals surface area contributed by atoms with E-state index in [1.54, 1.807) is 18.3 Å². The minimum Gasteiger partial charge on any atom is -0.487 e. The fraction of sp³-hybridized carbons (Fsp3) is 0.455. The van der Waals surface area contributed by atoms with E-state index in [0.717, 1.165) is 61.8 Å². The third kappa shape index (κ3) is 4.47. The van der Waals surface area contributed by atoms with Crippen LogP contribution in [0.5, 0.6) is 11.5 Å². The second-order valence-electron chi connectivity index (χ2n) is 7.63. The number of H-pyrrole nitrogens is 2. The topological polar surface area (TPSA) is 80.0 Å². The number of alkyl halides is 2. The maximum Gasteiger partial charge on any atom is 0.387 e.